The zero-order chi connectivity index (χ0) is 20.3. The van der Waals surface area contributed by atoms with Crippen molar-refractivity contribution in [3.05, 3.63) is 61.3 Å². The summed E-state index contributed by atoms with van der Waals surface area (Å²) in [5.41, 5.74) is 1.63. The molecule has 1 unspecified atom stereocenters. The smallest absolute Gasteiger partial charge is 0.243 e. The summed E-state index contributed by atoms with van der Waals surface area (Å²) in [4.78, 5) is 12.6. The molecule has 0 spiro atoms. The summed E-state index contributed by atoms with van der Waals surface area (Å²) in [6.07, 6.45) is 6.75. The SMILES string of the molecule is COc1ccc(S(=O)(=O)N2CCC(Oc3ncncc3-c3ccncc3)C2)cc1. The topological polar surface area (TPSA) is 94.5 Å². The van der Waals surface area contributed by atoms with Crippen LogP contribution in [0, 0.1) is 0 Å². The van der Waals surface area contributed by atoms with Crippen molar-refractivity contribution in [2.24, 2.45) is 0 Å². The second kappa shape index (κ2) is 8.14. The van der Waals surface area contributed by atoms with Gasteiger partial charge in [0.25, 0.3) is 0 Å². The van der Waals surface area contributed by atoms with Gasteiger partial charge < -0.3 is 9.47 Å². The van der Waals surface area contributed by atoms with Crippen LogP contribution in [-0.4, -0.2) is 54.0 Å². The Bertz CT molecular complexity index is 1080. The number of ether oxygens (including phenoxy) is 2. The third-order valence-corrected chi connectivity index (χ3v) is 6.63. The summed E-state index contributed by atoms with van der Waals surface area (Å²) in [5, 5.41) is 0. The monoisotopic (exact) mass is 412 g/mol. The molecule has 1 atom stereocenters. The Morgan fingerprint density at radius 1 is 1.07 bits per heavy atom. The van der Waals surface area contributed by atoms with Crippen molar-refractivity contribution in [2.45, 2.75) is 17.4 Å². The van der Waals surface area contributed by atoms with Gasteiger partial charge in [0.05, 0.1) is 24.1 Å². The molecule has 2 aromatic heterocycles. The molecule has 1 saturated heterocycles. The van der Waals surface area contributed by atoms with E-state index in [0.29, 0.717) is 24.6 Å². The van der Waals surface area contributed by atoms with E-state index in [0.717, 1.165) is 11.1 Å². The number of aromatic nitrogens is 3. The molecule has 29 heavy (non-hydrogen) atoms. The number of methoxy groups -OCH3 is 1. The lowest BCUT2D eigenvalue weighted by Gasteiger charge is -2.18. The standard InChI is InChI=1S/C20H20N4O4S/c1-27-16-2-4-18(5-3-16)29(25,26)24-11-8-17(13-24)28-20-19(12-22-14-23-20)15-6-9-21-10-7-15/h2-7,9-10,12,14,17H,8,11,13H2,1H3. The van der Waals surface area contributed by atoms with Crippen molar-refractivity contribution in [3.8, 4) is 22.8 Å². The lowest BCUT2D eigenvalue weighted by atomic mass is 10.1. The fraction of sp³-hybridized carbons (Fsp3) is 0.250. The number of pyridine rings is 1. The van der Waals surface area contributed by atoms with Crippen molar-refractivity contribution in [1.29, 1.82) is 0 Å². The van der Waals surface area contributed by atoms with Gasteiger partial charge in [-0.05, 0) is 48.4 Å². The molecule has 0 aliphatic carbocycles. The Labute approximate surface area is 169 Å². The van der Waals surface area contributed by atoms with Crippen molar-refractivity contribution < 1.29 is 17.9 Å². The second-order valence-electron chi connectivity index (χ2n) is 6.54. The van der Waals surface area contributed by atoms with Crippen LogP contribution in [0.3, 0.4) is 0 Å². The second-order valence-corrected chi connectivity index (χ2v) is 8.48. The van der Waals surface area contributed by atoms with Gasteiger partial charge >= 0.3 is 0 Å². The molecule has 8 nitrogen and oxygen atoms in total. The Hall–Kier alpha value is -3.04. The Balaban J connectivity index is 1.50. The normalized spacial score (nSPS) is 17.2. The highest BCUT2D eigenvalue weighted by atomic mass is 32.2. The molecule has 3 heterocycles. The summed E-state index contributed by atoms with van der Waals surface area (Å²) in [6.45, 7) is 0.642. The van der Waals surface area contributed by atoms with Gasteiger partial charge in [-0.2, -0.15) is 4.31 Å². The maximum absolute atomic E-state index is 12.9. The first-order chi connectivity index (χ1) is 14.1. The zero-order valence-electron chi connectivity index (χ0n) is 15.8. The highest BCUT2D eigenvalue weighted by Crippen LogP contribution is 2.30. The van der Waals surface area contributed by atoms with Crippen LogP contribution in [0.25, 0.3) is 11.1 Å². The molecule has 150 valence electrons. The van der Waals surface area contributed by atoms with Crippen LogP contribution >= 0.6 is 0 Å². The molecule has 1 aromatic carbocycles. The quantitative estimate of drug-likeness (QED) is 0.613. The predicted octanol–water partition coefficient (Wildman–Crippen LogP) is 2.39. The number of hydrogen-bond acceptors (Lipinski definition) is 7. The number of nitrogens with zero attached hydrogens (tertiary/aromatic N) is 4. The fourth-order valence-electron chi connectivity index (χ4n) is 3.21. The van der Waals surface area contributed by atoms with Gasteiger partial charge in [0, 0.05) is 25.1 Å². The number of sulfonamides is 1. The number of hydrogen-bond donors (Lipinski definition) is 0. The average Bonchev–Trinajstić information content (AvgIpc) is 3.24. The molecule has 1 fully saturated rings. The molecular formula is C20H20N4O4S. The molecule has 0 amide bonds. The van der Waals surface area contributed by atoms with Crippen LogP contribution in [-0.2, 0) is 10.0 Å². The lowest BCUT2D eigenvalue weighted by Crippen LogP contribution is -2.31. The summed E-state index contributed by atoms with van der Waals surface area (Å²) in [7, 11) is -2.05. The predicted molar refractivity (Wildman–Crippen MR) is 106 cm³/mol. The summed E-state index contributed by atoms with van der Waals surface area (Å²) in [5.74, 6) is 1.04. The molecule has 0 bridgehead atoms. The minimum absolute atomic E-state index is 0.235. The van der Waals surface area contributed by atoms with Crippen molar-refractivity contribution >= 4 is 10.0 Å². The van der Waals surface area contributed by atoms with Gasteiger partial charge in [-0.3, -0.25) is 4.98 Å². The average molecular weight is 412 g/mol. The van der Waals surface area contributed by atoms with E-state index >= 15 is 0 Å². The van der Waals surface area contributed by atoms with E-state index in [4.69, 9.17) is 9.47 Å². The maximum Gasteiger partial charge on any atom is 0.243 e. The lowest BCUT2D eigenvalue weighted by molar-refractivity contribution is 0.207. The third-order valence-electron chi connectivity index (χ3n) is 4.75. The first kappa shape index (κ1) is 19.3. The molecule has 3 aromatic rings. The Kier molecular flexibility index (Phi) is 5.41. The van der Waals surface area contributed by atoms with Gasteiger partial charge in [0.15, 0.2) is 0 Å². The van der Waals surface area contributed by atoms with Crippen LogP contribution in [0.2, 0.25) is 0 Å². The molecule has 0 N–H and O–H groups in total. The molecule has 9 heteroatoms. The highest BCUT2D eigenvalue weighted by molar-refractivity contribution is 7.89. The van der Waals surface area contributed by atoms with E-state index in [-0.39, 0.29) is 17.5 Å². The molecule has 1 aliphatic heterocycles. The van der Waals surface area contributed by atoms with E-state index in [9.17, 15) is 8.42 Å². The third kappa shape index (κ3) is 4.06. The van der Waals surface area contributed by atoms with Gasteiger partial charge in [-0.15, -0.1) is 0 Å². The summed E-state index contributed by atoms with van der Waals surface area (Å²) < 4.78 is 38.4. The van der Waals surface area contributed by atoms with E-state index in [1.54, 1.807) is 50.0 Å². The van der Waals surface area contributed by atoms with Crippen molar-refractivity contribution in [3.63, 3.8) is 0 Å². The van der Waals surface area contributed by atoms with E-state index < -0.39 is 10.0 Å². The molecular weight excluding hydrogens is 392 g/mol. The van der Waals surface area contributed by atoms with E-state index in [2.05, 4.69) is 15.0 Å². The molecule has 0 saturated carbocycles. The summed E-state index contributed by atoms with van der Waals surface area (Å²) >= 11 is 0. The van der Waals surface area contributed by atoms with Crippen molar-refractivity contribution in [2.75, 3.05) is 20.2 Å². The van der Waals surface area contributed by atoms with Crippen LogP contribution in [0.5, 0.6) is 11.6 Å². The minimum atomic E-state index is -3.59. The minimum Gasteiger partial charge on any atom is -0.497 e. The van der Waals surface area contributed by atoms with Gasteiger partial charge in [0.1, 0.15) is 18.2 Å². The van der Waals surface area contributed by atoms with Gasteiger partial charge in [-0.25, -0.2) is 18.4 Å². The molecule has 1 aliphatic rings. The van der Waals surface area contributed by atoms with E-state index in [1.807, 2.05) is 12.1 Å². The van der Waals surface area contributed by atoms with Crippen LogP contribution in [0.15, 0.2) is 66.2 Å². The largest absolute Gasteiger partial charge is 0.497 e. The van der Waals surface area contributed by atoms with Crippen LogP contribution in [0.1, 0.15) is 6.42 Å². The van der Waals surface area contributed by atoms with Crippen molar-refractivity contribution in [1.82, 2.24) is 19.3 Å². The number of rotatable bonds is 6. The first-order valence-electron chi connectivity index (χ1n) is 9.09. The van der Waals surface area contributed by atoms with Crippen LogP contribution < -0.4 is 9.47 Å². The first-order valence-corrected chi connectivity index (χ1v) is 10.5. The van der Waals surface area contributed by atoms with Gasteiger partial charge in [-0.1, -0.05) is 0 Å². The number of benzene rings is 1. The van der Waals surface area contributed by atoms with Gasteiger partial charge in [0.2, 0.25) is 15.9 Å². The van der Waals surface area contributed by atoms with Crippen LogP contribution in [0.4, 0.5) is 0 Å². The molecule has 0 radical (unpaired) electrons. The molecule has 4 rings (SSSR count). The Morgan fingerprint density at radius 3 is 2.55 bits per heavy atom. The zero-order valence-corrected chi connectivity index (χ0v) is 16.6. The van der Waals surface area contributed by atoms with E-state index in [1.165, 1.54) is 10.6 Å². The Morgan fingerprint density at radius 2 is 1.83 bits per heavy atom. The fourth-order valence-corrected chi connectivity index (χ4v) is 4.70. The summed E-state index contributed by atoms with van der Waals surface area (Å²) in [6, 6.07) is 10.1. The maximum atomic E-state index is 12.9. The highest BCUT2D eigenvalue weighted by Gasteiger charge is 2.34.